The summed E-state index contributed by atoms with van der Waals surface area (Å²) in [7, 11) is -3.17. The fourth-order valence-electron chi connectivity index (χ4n) is 2.01. The second-order valence-electron chi connectivity index (χ2n) is 4.31. The average molecular weight is 282 g/mol. The third-order valence-corrected chi connectivity index (χ3v) is 4.85. The van der Waals surface area contributed by atoms with Gasteiger partial charge in [-0.25, -0.2) is 12.8 Å². The van der Waals surface area contributed by atoms with E-state index in [1.807, 2.05) is 0 Å². The lowest BCUT2D eigenvalue weighted by molar-refractivity contribution is 0.439. The van der Waals surface area contributed by atoms with Crippen molar-refractivity contribution in [2.45, 2.75) is 13.0 Å². The maximum atomic E-state index is 13.2. The molecule has 4 nitrogen and oxygen atoms in total. The van der Waals surface area contributed by atoms with Gasteiger partial charge in [0.25, 0.3) is 0 Å². The molecule has 0 spiro atoms. The summed E-state index contributed by atoms with van der Waals surface area (Å²) >= 11 is 0. The monoisotopic (exact) mass is 282 g/mol. The average Bonchev–Trinajstić information content (AvgIpc) is 2.69. The fraction of sp³-hybridized carbons (Fsp3) is 0.385. The van der Waals surface area contributed by atoms with Crippen LogP contribution in [0.5, 0.6) is 0 Å². The second kappa shape index (κ2) is 5.70. The van der Waals surface area contributed by atoms with Gasteiger partial charge in [-0.1, -0.05) is 17.9 Å². The van der Waals surface area contributed by atoms with Crippen LogP contribution in [0.25, 0.3) is 0 Å². The highest BCUT2D eigenvalue weighted by molar-refractivity contribution is 7.89. The van der Waals surface area contributed by atoms with Crippen LogP contribution in [-0.2, 0) is 16.6 Å². The van der Waals surface area contributed by atoms with Gasteiger partial charge in [0.05, 0.1) is 12.3 Å². The van der Waals surface area contributed by atoms with Crippen LogP contribution in [0.15, 0.2) is 18.2 Å². The van der Waals surface area contributed by atoms with Crippen LogP contribution in [-0.4, -0.2) is 31.6 Å². The first-order valence-corrected chi connectivity index (χ1v) is 7.59. The van der Waals surface area contributed by atoms with Crippen molar-refractivity contribution in [3.8, 4) is 11.8 Å². The van der Waals surface area contributed by atoms with Crippen molar-refractivity contribution in [1.29, 1.82) is 0 Å². The minimum Gasteiger partial charge on any atom is -0.320 e. The Bertz CT molecular complexity index is 632. The van der Waals surface area contributed by atoms with Gasteiger partial charge in [-0.3, -0.25) is 0 Å². The summed E-state index contributed by atoms with van der Waals surface area (Å²) in [6, 6.07) is 4.19. The van der Waals surface area contributed by atoms with Gasteiger partial charge in [-0.15, -0.1) is 0 Å². The minimum absolute atomic E-state index is 0.179. The molecule has 2 rings (SSSR count). The van der Waals surface area contributed by atoms with Gasteiger partial charge in [0.1, 0.15) is 5.82 Å². The highest BCUT2D eigenvalue weighted by Crippen LogP contribution is 2.19. The van der Waals surface area contributed by atoms with Gasteiger partial charge in [0.15, 0.2) is 0 Å². The van der Waals surface area contributed by atoms with Crippen LogP contribution in [0.2, 0.25) is 0 Å². The summed E-state index contributed by atoms with van der Waals surface area (Å²) < 4.78 is 38.1. The van der Waals surface area contributed by atoms with Crippen LogP contribution >= 0.6 is 0 Å². The predicted octanol–water partition coefficient (Wildman–Crippen LogP) is 0.671. The van der Waals surface area contributed by atoms with Crippen molar-refractivity contribution in [3.63, 3.8) is 0 Å². The number of hydrogen-bond acceptors (Lipinski definition) is 3. The van der Waals surface area contributed by atoms with E-state index >= 15 is 0 Å². The number of nitrogens with two attached hydrogens (primary N) is 1. The normalized spacial score (nSPS) is 18.0. The fourth-order valence-corrected chi connectivity index (χ4v) is 3.50. The smallest absolute Gasteiger partial charge is 0.214 e. The first-order valence-electron chi connectivity index (χ1n) is 5.98. The summed E-state index contributed by atoms with van der Waals surface area (Å²) in [5.41, 5.74) is 6.49. The molecule has 2 N–H and O–H groups in total. The molecule has 1 fully saturated rings. The summed E-state index contributed by atoms with van der Waals surface area (Å²) in [6.07, 6.45) is 0.632. The molecule has 19 heavy (non-hydrogen) atoms. The maximum absolute atomic E-state index is 13.2. The van der Waals surface area contributed by atoms with E-state index in [0.29, 0.717) is 24.1 Å². The van der Waals surface area contributed by atoms with Crippen LogP contribution in [0.4, 0.5) is 4.39 Å². The van der Waals surface area contributed by atoms with Crippen molar-refractivity contribution in [3.05, 3.63) is 35.1 Å². The quantitative estimate of drug-likeness (QED) is 0.811. The molecule has 1 aromatic rings. The lowest BCUT2D eigenvalue weighted by Gasteiger charge is -2.15. The number of halogens is 1. The van der Waals surface area contributed by atoms with Gasteiger partial charge in [0.2, 0.25) is 10.0 Å². The molecule has 0 aliphatic carbocycles. The number of sulfonamides is 1. The number of rotatable bonds is 2. The van der Waals surface area contributed by atoms with E-state index < -0.39 is 15.8 Å². The van der Waals surface area contributed by atoms with Gasteiger partial charge in [-0.2, -0.15) is 4.31 Å². The first kappa shape index (κ1) is 14.0. The largest absolute Gasteiger partial charge is 0.320 e. The van der Waals surface area contributed by atoms with E-state index in [0.717, 1.165) is 0 Å². The molecule has 0 radical (unpaired) electrons. The highest BCUT2D eigenvalue weighted by Gasteiger charge is 2.28. The molecule has 6 heteroatoms. The predicted molar refractivity (Wildman–Crippen MR) is 71.1 cm³/mol. The Morgan fingerprint density at radius 1 is 1.42 bits per heavy atom. The molecule has 1 aliphatic heterocycles. The van der Waals surface area contributed by atoms with E-state index in [-0.39, 0.29) is 18.8 Å². The van der Waals surface area contributed by atoms with Crippen molar-refractivity contribution in [2.75, 3.05) is 18.8 Å². The van der Waals surface area contributed by atoms with E-state index in [9.17, 15) is 12.8 Å². The van der Waals surface area contributed by atoms with Crippen LogP contribution in [0.1, 0.15) is 17.5 Å². The Balaban J connectivity index is 2.29. The maximum Gasteiger partial charge on any atom is 0.214 e. The van der Waals surface area contributed by atoms with Crippen molar-refractivity contribution < 1.29 is 12.8 Å². The van der Waals surface area contributed by atoms with Crippen LogP contribution in [0.3, 0.4) is 0 Å². The summed E-state index contributed by atoms with van der Waals surface area (Å²) in [5, 5.41) is 0. The zero-order valence-electron chi connectivity index (χ0n) is 10.4. The Hall–Kier alpha value is -1.42. The molecule has 0 bridgehead atoms. The highest BCUT2D eigenvalue weighted by atomic mass is 32.2. The molecule has 1 heterocycles. The molecule has 1 aromatic carbocycles. The Labute approximate surface area is 112 Å². The summed E-state index contributed by atoms with van der Waals surface area (Å²) in [5.74, 6) is 5.22. The van der Waals surface area contributed by atoms with Crippen LogP contribution in [0, 0.1) is 17.7 Å². The summed E-state index contributed by atoms with van der Waals surface area (Å²) in [4.78, 5) is 0. The van der Waals surface area contributed by atoms with Gasteiger partial charge < -0.3 is 5.73 Å². The molecule has 1 aliphatic rings. The third kappa shape index (κ3) is 3.32. The van der Waals surface area contributed by atoms with E-state index in [2.05, 4.69) is 11.8 Å². The Morgan fingerprint density at radius 2 is 2.21 bits per heavy atom. The molecular formula is C13H15FN2O2S. The standard InChI is InChI=1S/C13H15FN2O2S/c14-13-5-4-12(11(9-13)3-1-6-15)10-16-7-2-8-19(16,17)18/h4-5,9H,2,6-8,10,15H2. The zero-order chi connectivity index (χ0) is 13.9. The van der Waals surface area contributed by atoms with E-state index in [1.165, 1.54) is 16.4 Å². The van der Waals surface area contributed by atoms with Crippen molar-refractivity contribution in [1.82, 2.24) is 4.31 Å². The molecule has 0 atom stereocenters. The molecule has 0 amide bonds. The minimum atomic E-state index is -3.17. The molecule has 0 aromatic heterocycles. The Morgan fingerprint density at radius 3 is 2.84 bits per heavy atom. The lowest BCUT2D eigenvalue weighted by atomic mass is 10.1. The topological polar surface area (TPSA) is 63.4 Å². The van der Waals surface area contributed by atoms with Crippen molar-refractivity contribution >= 4 is 10.0 Å². The second-order valence-corrected chi connectivity index (χ2v) is 6.40. The number of hydrogen-bond donors (Lipinski definition) is 1. The van der Waals surface area contributed by atoms with Gasteiger partial charge in [-0.05, 0) is 24.1 Å². The van der Waals surface area contributed by atoms with Gasteiger partial charge >= 0.3 is 0 Å². The molecule has 0 saturated carbocycles. The summed E-state index contributed by atoms with van der Waals surface area (Å²) in [6.45, 7) is 0.915. The Kier molecular flexibility index (Phi) is 4.20. The zero-order valence-corrected chi connectivity index (χ0v) is 11.2. The molecule has 0 unspecified atom stereocenters. The number of nitrogens with zero attached hydrogens (tertiary/aromatic N) is 1. The molecule has 1 saturated heterocycles. The SMILES string of the molecule is NCC#Cc1cc(F)ccc1CN1CCCS1(=O)=O. The third-order valence-electron chi connectivity index (χ3n) is 2.95. The van der Waals surface area contributed by atoms with Crippen molar-refractivity contribution in [2.24, 2.45) is 5.73 Å². The number of benzene rings is 1. The lowest BCUT2D eigenvalue weighted by Crippen LogP contribution is -2.25. The molecule has 102 valence electrons. The van der Waals surface area contributed by atoms with Crippen LogP contribution < -0.4 is 5.73 Å². The molecular weight excluding hydrogens is 267 g/mol. The van der Waals surface area contributed by atoms with Gasteiger partial charge in [0, 0.05) is 18.7 Å². The first-order chi connectivity index (χ1) is 9.03. The van der Waals surface area contributed by atoms with E-state index in [4.69, 9.17) is 5.73 Å². The van der Waals surface area contributed by atoms with E-state index in [1.54, 1.807) is 6.07 Å².